The van der Waals surface area contributed by atoms with E-state index >= 15 is 9.59 Å². The average molecular weight is 1980 g/mol. The second-order valence-corrected chi connectivity index (χ2v) is 48.0. The molecule has 0 spiro atoms. The number of nitrogens with zero attached hydrogens (tertiary/aromatic N) is 4. The molecule has 6 nitrogen and oxygen atoms in total. The molecule has 728 valence electrons. The van der Waals surface area contributed by atoms with Crippen LogP contribution in [-0.4, -0.2) is 11.6 Å². The highest BCUT2D eigenvalue weighted by atomic mass is 32.1. The van der Waals surface area contributed by atoms with Crippen LogP contribution in [0.4, 0.5) is 0 Å². The highest BCUT2D eigenvalue weighted by molar-refractivity contribution is 7.37. The number of carbonyl (C=O) groups is 2. The summed E-state index contributed by atoms with van der Waals surface area (Å²) in [5, 5.41) is 26.3. The molecule has 6 heterocycles. The second kappa shape index (κ2) is 45.4. The molecule has 18 rings (SSSR count). The van der Waals surface area contributed by atoms with E-state index in [2.05, 4.69) is 261 Å². The van der Waals surface area contributed by atoms with Crippen LogP contribution in [0.1, 0.15) is 414 Å². The molecular weight excluding hydrogens is 1840 g/mol. The van der Waals surface area contributed by atoms with Gasteiger partial charge in [0.2, 0.25) is 0 Å². The van der Waals surface area contributed by atoms with Gasteiger partial charge in [-0.1, -0.05) is 307 Å². The lowest BCUT2D eigenvalue weighted by Crippen LogP contribution is -2.30. The molecule has 0 fully saturated rings. The van der Waals surface area contributed by atoms with E-state index in [-0.39, 0.29) is 23.0 Å². The van der Waals surface area contributed by atoms with Gasteiger partial charge in [0, 0.05) is 74.8 Å². The minimum absolute atomic E-state index is 0.0712. The summed E-state index contributed by atoms with van der Waals surface area (Å²) in [7, 11) is 0. The van der Waals surface area contributed by atoms with Gasteiger partial charge in [0.05, 0.1) is 74.4 Å². The molecule has 0 N–H and O–H groups in total. The standard InChI is InChI=1S/C130H140N4O2S6/c1-15-23-31-39-47-85-59-86(48-40-32-24-16-2)64-93(63-85)129(94-65-87(49-41-33-25-17-3)60-88(66-94)50-42-34-26-18-4)115-121-111(73-97(137-121)71-107-113(109(79-131)133-13)103-75-99-81(9)55-57-83(11)101(99)77-105(103)119(107)135)139-123(115)125-117(129)127-128(141-125)118-126(142-127)124-116(122-112(140-124)74-98(138-122)72-108-114(110(80-132)134-14)104-76-100-82(10)56-58-84(12)102(100)78-106(104)120(108)136)130(118,95-67-89(51-43-35-27-19-5)61-90(68-95)52-44-36-28-20-6)96-69-91(53-45-37-29-21-7)62-92(70-96)54-46-38-30-22-8/h55-78H,15-54H2,1-12H3/b107-71-,108-72-,113-109-,114-110+. The summed E-state index contributed by atoms with van der Waals surface area (Å²) in [5.74, 6) is -0.312. The van der Waals surface area contributed by atoms with Gasteiger partial charge in [0.1, 0.15) is 0 Å². The van der Waals surface area contributed by atoms with Crippen LogP contribution in [0.5, 0.6) is 0 Å². The van der Waals surface area contributed by atoms with Gasteiger partial charge in [-0.25, -0.2) is 20.2 Å². The first-order valence-electron chi connectivity index (χ1n) is 54.3. The number of rotatable bonds is 46. The Hall–Kier alpha value is -10.5. The van der Waals surface area contributed by atoms with Crippen LogP contribution in [0.25, 0.3) is 102 Å². The summed E-state index contributed by atoms with van der Waals surface area (Å²) in [6.07, 6.45) is 49.2. The van der Waals surface area contributed by atoms with Gasteiger partial charge >= 0.3 is 0 Å². The molecule has 8 aromatic carbocycles. The summed E-state index contributed by atoms with van der Waals surface area (Å²) in [4.78, 5) is 46.8. The van der Waals surface area contributed by atoms with Crippen molar-refractivity contribution < 1.29 is 9.59 Å². The fourth-order valence-electron chi connectivity index (χ4n) is 24.1. The Morgan fingerprint density at radius 1 is 0.296 bits per heavy atom. The number of benzene rings is 8. The lowest BCUT2D eigenvalue weighted by Gasteiger charge is -2.35. The van der Waals surface area contributed by atoms with Crippen molar-refractivity contribution >= 4 is 153 Å². The van der Waals surface area contributed by atoms with Crippen molar-refractivity contribution in [1.82, 2.24) is 0 Å². The molecule has 0 amide bonds. The largest absolute Gasteiger partial charge is 0.289 e. The van der Waals surface area contributed by atoms with Crippen LogP contribution in [0.15, 0.2) is 156 Å². The van der Waals surface area contributed by atoms with Gasteiger partial charge in [-0.05, 0) is 301 Å². The van der Waals surface area contributed by atoms with Crippen LogP contribution in [0.3, 0.4) is 0 Å². The quantitative estimate of drug-likeness (QED) is 0.0165. The summed E-state index contributed by atoms with van der Waals surface area (Å²) in [6.45, 7) is 44.4. The third kappa shape index (κ3) is 19.5. The average Bonchev–Trinajstić information content (AvgIpc) is 1.47. The Balaban J connectivity index is 0.988. The summed E-state index contributed by atoms with van der Waals surface area (Å²) in [6, 6.07) is 58.3. The fourth-order valence-corrected chi connectivity index (χ4v) is 32.8. The van der Waals surface area contributed by atoms with E-state index in [1.807, 2.05) is 34.8 Å². The molecule has 4 aliphatic rings. The van der Waals surface area contributed by atoms with E-state index in [0.717, 1.165) is 156 Å². The highest BCUT2D eigenvalue weighted by Gasteiger charge is 2.57. The molecule has 142 heavy (non-hydrogen) atoms. The second-order valence-electron chi connectivity index (χ2n) is 41.7. The molecule has 0 aliphatic heterocycles. The van der Waals surface area contributed by atoms with Crippen LogP contribution in [-0.2, 0) is 62.2 Å². The summed E-state index contributed by atoms with van der Waals surface area (Å²) >= 11 is 11.7. The summed E-state index contributed by atoms with van der Waals surface area (Å²) < 4.78 is 7.55. The number of hydrogen-bond donors (Lipinski definition) is 0. The Labute approximate surface area is 869 Å². The Kier molecular flexibility index (Phi) is 32.5. The van der Waals surface area contributed by atoms with Crippen molar-refractivity contribution in [2.75, 3.05) is 0 Å². The van der Waals surface area contributed by atoms with Crippen LogP contribution in [0.2, 0.25) is 0 Å². The number of fused-ring (bicyclic) bond motifs is 17. The molecule has 0 saturated heterocycles. The van der Waals surface area contributed by atoms with Crippen molar-refractivity contribution in [3.05, 3.63) is 322 Å². The maximum Gasteiger partial charge on any atom is 0.270 e. The maximum atomic E-state index is 15.8. The van der Waals surface area contributed by atoms with E-state index in [1.54, 1.807) is 22.7 Å². The van der Waals surface area contributed by atoms with Gasteiger partial charge in [-0.3, -0.25) is 9.59 Å². The first-order chi connectivity index (χ1) is 69.4. The van der Waals surface area contributed by atoms with E-state index in [1.165, 1.54) is 291 Å². The smallest absolute Gasteiger partial charge is 0.270 e. The van der Waals surface area contributed by atoms with Crippen molar-refractivity contribution in [2.45, 2.75) is 351 Å². The number of carbonyl (C=O) groups excluding carboxylic acids is 2. The van der Waals surface area contributed by atoms with E-state index in [9.17, 15) is 10.5 Å². The predicted octanol–water partition coefficient (Wildman–Crippen LogP) is 39.6. The first kappa shape index (κ1) is 102. The molecule has 12 heteroatoms. The van der Waals surface area contributed by atoms with Gasteiger partial charge in [-0.2, -0.15) is 0 Å². The number of allylic oxidation sites excluding steroid dienone is 6. The normalized spacial score (nSPS) is 15.1. The number of nitriles is 2. The molecule has 4 aliphatic carbocycles. The zero-order valence-corrected chi connectivity index (χ0v) is 91.1. The van der Waals surface area contributed by atoms with Gasteiger partial charge in [0.25, 0.3) is 11.4 Å². The van der Waals surface area contributed by atoms with Crippen LogP contribution in [0, 0.1) is 63.5 Å². The number of hydrogen-bond acceptors (Lipinski definition) is 10. The van der Waals surface area contributed by atoms with Crippen LogP contribution >= 0.6 is 68.0 Å². The van der Waals surface area contributed by atoms with E-state index in [0.29, 0.717) is 44.5 Å². The molecule has 0 bridgehead atoms. The van der Waals surface area contributed by atoms with Gasteiger partial charge < -0.3 is 0 Å². The molecule has 0 unspecified atom stereocenters. The third-order valence-corrected chi connectivity index (χ3v) is 39.0. The van der Waals surface area contributed by atoms with Crippen molar-refractivity contribution in [1.29, 1.82) is 10.5 Å². The first-order valence-corrected chi connectivity index (χ1v) is 59.2. The molecule has 0 atom stereocenters. The van der Waals surface area contributed by atoms with E-state index < -0.39 is 10.8 Å². The highest BCUT2D eigenvalue weighted by Crippen LogP contribution is 2.73. The summed E-state index contributed by atoms with van der Waals surface area (Å²) in [5.41, 5.74) is 28.7. The molecule has 0 saturated carbocycles. The monoisotopic (exact) mass is 1980 g/mol. The van der Waals surface area contributed by atoms with Crippen molar-refractivity contribution in [3.63, 3.8) is 0 Å². The Morgan fingerprint density at radius 3 is 0.761 bits per heavy atom. The lowest BCUT2D eigenvalue weighted by molar-refractivity contribution is 0.103. The number of aryl methyl sites for hydroxylation is 12. The van der Waals surface area contributed by atoms with Gasteiger partial charge in [0.15, 0.2) is 11.6 Å². The Morgan fingerprint density at radius 2 is 0.528 bits per heavy atom. The third-order valence-electron chi connectivity index (χ3n) is 31.4. The maximum absolute atomic E-state index is 15.8. The number of thiophene rings is 6. The number of unbranched alkanes of at least 4 members (excludes halogenated alkanes) is 24. The molecule has 6 aromatic heterocycles. The zero-order chi connectivity index (χ0) is 99.0. The topological polar surface area (TPSA) is 90.4 Å². The SMILES string of the molecule is [C-]#[N+]/C(C#N)=C1\C(=C\c2cc3sc4c(c3s2)C(c2cc(CCCCCC)cc(CCCCCC)c2)(c2cc(CCCCCC)cc(CCCCCC)c2)c2c-4sc3c4c(sc23)-c2sc3cc(/C=C5\C(=O)c6cc7c(C)ccc(C)c7cc6\C5=C(\C#N)[N+]#[C-])sc3c2C4(c2cc(CCCCCC)cc(CCCCCC)c2)c2cc(CCCCCC)cc(CCCCCC)c2)C(=O)c2cc3c(C)ccc(C)c3cc21. The zero-order valence-electron chi connectivity index (χ0n) is 86.2. The van der Waals surface area contributed by atoms with Crippen molar-refractivity contribution in [2.24, 2.45) is 0 Å². The molecule has 0 radical (unpaired) electrons. The van der Waals surface area contributed by atoms with Crippen LogP contribution < -0.4 is 0 Å². The minimum Gasteiger partial charge on any atom is -0.289 e. The minimum atomic E-state index is -0.881. The lowest BCUT2D eigenvalue weighted by atomic mass is 9.65. The molecular formula is C130H140N4O2S6. The van der Waals surface area contributed by atoms with E-state index in [4.69, 9.17) is 13.1 Å². The fraction of sp³-hybridized carbons (Fsp3) is 0.415. The predicted molar refractivity (Wildman–Crippen MR) is 613 cm³/mol. The number of Topliss-reactive ketones (excluding diaryl/α,β-unsaturated/α-hetero) is 2. The number of ketones is 2. The van der Waals surface area contributed by atoms with Gasteiger partial charge in [-0.15, -0.1) is 68.0 Å². The Bertz CT molecular complexity index is 6770. The molecule has 14 aromatic rings. The van der Waals surface area contributed by atoms with Crippen molar-refractivity contribution in [3.8, 4) is 31.6 Å².